The number of benzene rings is 1. The Hall–Kier alpha value is -0.623. The highest BCUT2D eigenvalue weighted by molar-refractivity contribution is 6.74. The lowest BCUT2D eigenvalue weighted by molar-refractivity contribution is -0.119. The lowest BCUT2D eigenvalue weighted by atomic mass is 10.1. The van der Waals surface area contributed by atoms with Gasteiger partial charge in [-0.15, -0.1) is 11.6 Å². The fourth-order valence-corrected chi connectivity index (χ4v) is 3.02. The van der Waals surface area contributed by atoms with Crippen LogP contribution in [0.3, 0.4) is 0 Å². The number of hydrogen-bond donors (Lipinski definition) is 1. The molecule has 7 heteroatoms. The molecule has 0 aliphatic carbocycles. The molecule has 0 heterocycles. The van der Waals surface area contributed by atoms with E-state index in [-0.39, 0.29) is 28.5 Å². The van der Waals surface area contributed by atoms with Gasteiger partial charge in [0, 0.05) is 5.56 Å². The second-order valence-corrected chi connectivity index (χ2v) is 12.5. The van der Waals surface area contributed by atoms with Crippen LogP contribution in [0.15, 0.2) is 18.2 Å². The highest BCUT2D eigenvalue weighted by Gasteiger charge is 2.38. The van der Waals surface area contributed by atoms with Crippen molar-refractivity contribution in [3.05, 3.63) is 34.6 Å². The SMILES string of the molecule is CC(C)(C)[Si](C)(C)OC[C@@H](NC(=O)CCl)c1cccc(Cl)c1F. The summed E-state index contributed by atoms with van der Waals surface area (Å²) in [7, 11) is -2.03. The highest BCUT2D eigenvalue weighted by atomic mass is 35.5. The van der Waals surface area contributed by atoms with Crippen molar-refractivity contribution in [1.82, 2.24) is 5.32 Å². The summed E-state index contributed by atoms with van der Waals surface area (Å²) in [6.07, 6.45) is 0. The average Bonchev–Trinajstić information content (AvgIpc) is 2.45. The maximum absolute atomic E-state index is 14.3. The number of nitrogens with one attached hydrogen (secondary N) is 1. The quantitative estimate of drug-likeness (QED) is 0.563. The van der Waals surface area contributed by atoms with Gasteiger partial charge in [0.15, 0.2) is 8.32 Å². The predicted molar refractivity (Wildman–Crippen MR) is 96.2 cm³/mol. The third-order valence-electron chi connectivity index (χ3n) is 4.23. The molecular weight excluding hydrogens is 356 g/mol. The van der Waals surface area contributed by atoms with Crippen molar-refractivity contribution < 1.29 is 13.6 Å². The second-order valence-electron chi connectivity index (χ2n) is 6.97. The van der Waals surface area contributed by atoms with E-state index in [9.17, 15) is 9.18 Å². The van der Waals surface area contributed by atoms with Crippen molar-refractivity contribution in [2.45, 2.75) is 44.9 Å². The number of carbonyl (C=O) groups excluding carboxylic acids is 1. The number of amides is 1. The van der Waals surface area contributed by atoms with Crippen LogP contribution in [0.4, 0.5) is 4.39 Å². The summed E-state index contributed by atoms with van der Waals surface area (Å²) in [6.45, 7) is 10.7. The first-order valence-corrected chi connectivity index (χ1v) is 11.2. The number of alkyl halides is 1. The third-order valence-corrected chi connectivity index (χ3v) is 9.27. The van der Waals surface area contributed by atoms with Crippen LogP contribution in [-0.2, 0) is 9.22 Å². The van der Waals surface area contributed by atoms with Crippen LogP contribution in [0.25, 0.3) is 0 Å². The molecule has 0 spiro atoms. The Bertz CT molecular complexity index is 562. The summed E-state index contributed by atoms with van der Waals surface area (Å²) in [6, 6.07) is 4.08. The Balaban J connectivity index is 3.03. The maximum atomic E-state index is 14.3. The van der Waals surface area contributed by atoms with E-state index in [0.717, 1.165) is 0 Å². The molecule has 0 aromatic heterocycles. The van der Waals surface area contributed by atoms with E-state index in [0.29, 0.717) is 5.56 Å². The monoisotopic (exact) mass is 379 g/mol. The molecule has 1 atom stereocenters. The van der Waals surface area contributed by atoms with Crippen LogP contribution in [0.5, 0.6) is 0 Å². The van der Waals surface area contributed by atoms with Crippen LogP contribution in [-0.4, -0.2) is 26.7 Å². The van der Waals surface area contributed by atoms with Crippen LogP contribution in [0, 0.1) is 5.82 Å². The Morgan fingerprint density at radius 3 is 2.52 bits per heavy atom. The molecule has 130 valence electrons. The van der Waals surface area contributed by atoms with Gasteiger partial charge in [-0.1, -0.05) is 44.5 Å². The predicted octanol–water partition coefficient (Wildman–Crippen LogP) is 4.90. The first kappa shape index (κ1) is 20.4. The molecule has 1 amide bonds. The summed E-state index contributed by atoms with van der Waals surface area (Å²) in [5.41, 5.74) is 0.301. The van der Waals surface area contributed by atoms with Gasteiger partial charge in [-0.05, 0) is 24.2 Å². The molecule has 1 aromatic rings. The second kappa shape index (κ2) is 7.97. The molecule has 0 saturated heterocycles. The van der Waals surface area contributed by atoms with Gasteiger partial charge in [0.1, 0.15) is 11.7 Å². The Morgan fingerprint density at radius 1 is 1.39 bits per heavy atom. The van der Waals surface area contributed by atoms with Gasteiger partial charge in [-0.3, -0.25) is 4.79 Å². The Kier molecular flexibility index (Phi) is 7.07. The zero-order valence-electron chi connectivity index (χ0n) is 14.2. The van der Waals surface area contributed by atoms with Crippen molar-refractivity contribution in [2.75, 3.05) is 12.5 Å². The fraction of sp³-hybridized carbons (Fsp3) is 0.562. The van der Waals surface area contributed by atoms with Gasteiger partial charge in [0.05, 0.1) is 17.7 Å². The topological polar surface area (TPSA) is 38.3 Å². The zero-order chi connectivity index (χ0) is 17.8. The minimum Gasteiger partial charge on any atom is -0.414 e. The maximum Gasteiger partial charge on any atom is 0.235 e. The van der Waals surface area contributed by atoms with E-state index < -0.39 is 20.2 Å². The number of rotatable bonds is 6. The molecule has 23 heavy (non-hydrogen) atoms. The summed E-state index contributed by atoms with van der Waals surface area (Å²) in [5, 5.41) is 2.73. The van der Waals surface area contributed by atoms with Crippen molar-refractivity contribution in [2.24, 2.45) is 0 Å². The Morgan fingerprint density at radius 2 is 2.00 bits per heavy atom. The van der Waals surface area contributed by atoms with Crippen molar-refractivity contribution in [1.29, 1.82) is 0 Å². The van der Waals surface area contributed by atoms with E-state index in [2.05, 4.69) is 39.2 Å². The highest BCUT2D eigenvalue weighted by Crippen LogP contribution is 2.37. The first-order chi connectivity index (χ1) is 10.5. The zero-order valence-corrected chi connectivity index (χ0v) is 16.7. The lowest BCUT2D eigenvalue weighted by Gasteiger charge is -2.37. The molecule has 1 N–H and O–H groups in total. The van der Waals surface area contributed by atoms with E-state index >= 15 is 0 Å². The van der Waals surface area contributed by atoms with E-state index in [1.165, 1.54) is 6.07 Å². The van der Waals surface area contributed by atoms with Gasteiger partial charge in [-0.25, -0.2) is 4.39 Å². The normalized spacial score (nSPS) is 13.7. The molecular formula is C16H24Cl2FNO2Si. The smallest absolute Gasteiger partial charge is 0.235 e. The summed E-state index contributed by atoms with van der Waals surface area (Å²) >= 11 is 11.4. The fourth-order valence-electron chi connectivity index (χ4n) is 1.74. The number of halogens is 3. The van der Waals surface area contributed by atoms with Crippen LogP contribution >= 0.6 is 23.2 Å². The van der Waals surface area contributed by atoms with Gasteiger partial charge < -0.3 is 9.74 Å². The van der Waals surface area contributed by atoms with Crippen LogP contribution in [0.1, 0.15) is 32.4 Å². The Labute approximate surface area is 148 Å². The van der Waals surface area contributed by atoms with Gasteiger partial charge >= 0.3 is 0 Å². The number of carbonyl (C=O) groups is 1. The molecule has 3 nitrogen and oxygen atoms in total. The lowest BCUT2D eigenvalue weighted by Crippen LogP contribution is -2.44. The molecule has 0 bridgehead atoms. The molecule has 0 unspecified atom stereocenters. The molecule has 1 aromatic carbocycles. The van der Waals surface area contributed by atoms with Gasteiger partial charge in [0.2, 0.25) is 5.91 Å². The first-order valence-electron chi connectivity index (χ1n) is 7.43. The molecule has 0 radical (unpaired) electrons. The van der Waals surface area contributed by atoms with Gasteiger partial charge in [0.25, 0.3) is 0 Å². The summed E-state index contributed by atoms with van der Waals surface area (Å²) in [5.74, 6) is -1.12. The molecule has 0 aliphatic heterocycles. The third kappa shape index (κ3) is 5.45. The average molecular weight is 380 g/mol. The minimum absolute atomic E-state index is 0.0138. The standard InChI is InChI=1S/C16H24Cl2FNO2Si/c1-16(2,3)23(4,5)22-10-13(20-14(21)9-17)11-7-6-8-12(18)15(11)19/h6-8,13H,9-10H2,1-5H3,(H,20,21)/t13-/m1/s1. The van der Waals surface area contributed by atoms with E-state index in [1.54, 1.807) is 12.1 Å². The molecule has 0 aliphatic rings. The summed E-state index contributed by atoms with van der Waals surface area (Å²) < 4.78 is 20.4. The molecule has 0 fully saturated rings. The minimum atomic E-state index is -2.03. The van der Waals surface area contributed by atoms with E-state index in [1.807, 2.05) is 0 Å². The number of hydrogen-bond acceptors (Lipinski definition) is 2. The molecule has 0 saturated carbocycles. The molecule has 1 rings (SSSR count). The largest absolute Gasteiger partial charge is 0.414 e. The van der Waals surface area contributed by atoms with Crippen LogP contribution in [0.2, 0.25) is 23.2 Å². The van der Waals surface area contributed by atoms with Crippen molar-refractivity contribution >= 4 is 37.4 Å². The van der Waals surface area contributed by atoms with Crippen LogP contribution < -0.4 is 5.32 Å². The van der Waals surface area contributed by atoms with Gasteiger partial charge in [-0.2, -0.15) is 0 Å². The van der Waals surface area contributed by atoms with E-state index in [4.69, 9.17) is 27.6 Å². The summed E-state index contributed by atoms with van der Waals surface area (Å²) in [4.78, 5) is 11.7. The van der Waals surface area contributed by atoms with Crippen molar-refractivity contribution in [3.63, 3.8) is 0 Å². The van der Waals surface area contributed by atoms with Crippen molar-refractivity contribution in [3.8, 4) is 0 Å².